The molecule has 0 unspecified atom stereocenters. The van der Waals surface area contributed by atoms with E-state index in [0.29, 0.717) is 23.7 Å². The summed E-state index contributed by atoms with van der Waals surface area (Å²) in [6, 6.07) is 13.5. The van der Waals surface area contributed by atoms with Crippen LogP contribution in [0.4, 0.5) is 5.82 Å². The van der Waals surface area contributed by atoms with Crippen LogP contribution in [0.5, 0.6) is 0 Å². The molecular weight excluding hydrogens is 408 g/mol. The van der Waals surface area contributed by atoms with E-state index in [2.05, 4.69) is 15.6 Å². The number of aryl methyl sites for hydroxylation is 1. The van der Waals surface area contributed by atoms with Gasteiger partial charge in [-0.25, -0.2) is 10.0 Å². The summed E-state index contributed by atoms with van der Waals surface area (Å²) in [4.78, 5) is 41.1. The van der Waals surface area contributed by atoms with Crippen molar-refractivity contribution < 1.29 is 19.6 Å². The molecule has 2 aromatic rings. The molecule has 3 N–H and O–H groups in total. The third kappa shape index (κ3) is 7.46. The number of rotatable bonds is 12. The number of carbonyl (C=O) groups is 3. The number of benzene rings is 1. The Morgan fingerprint density at radius 2 is 1.75 bits per heavy atom. The zero-order valence-electron chi connectivity index (χ0n) is 18.8. The van der Waals surface area contributed by atoms with Crippen LogP contribution in [0.15, 0.2) is 54.7 Å². The molecule has 0 aliphatic carbocycles. The van der Waals surface area contributed by atoms with Gasteiger partial charge < -0.3 is 10.6 Å². The lowest BCUT2D eigenvalue weighted by molar-refractivity contribution is -0.166. The van der Waals surface area contributed by atoms with Crippen molar-refractivity contribution in [3.05, 3.63) is 60.3 Å². The summed E-state index contributed by atoms with van der Waals surface area (Å²) < 4.78 is 0. The Balaban J connectivity index is 2.08. The lowest BCUT2D eigenvalue weighted by Crippen LogP contribution is -2.52. The smallest absolute Gasteiger partial charge is 0.248 e. The Kier molecular flexibility index (Phi) is 9.81. The van der Waals surface area contributed by atoms with Crippen LogP contribution in [0, 0.1) is 11.8 Å². The molecule has 0 spiro atoms. The molecule has 8 heteroatoms. The summed E-state index contributed by atoms with van der Waals surface area (Å²) in [5, 5.41) is 15.9. The molecule has 0 radical (unpaired) electrons. The van der Waals surface area contributed by atoms with Crippen molar-refractivity contribution in [2.45, 2.75) is 52.1 Å². The Labute approximate surface area is 189 Å². The van der Waals surface area contributed by atoms with Crippen LogP contribution < -0.4 is 10.6 Å². The first kappa shape index (κ1) is 25.0. The number of pyridine rings is 1. The van der Waals surface area contributed by atoms with E-state index in [1.807, 2.05) is 44.2 Å². The van der Waals surface area contributed by atoms with Crippen molar-refractivity contribution in [2.24, 2.45) is 11.8 Å². The van der Waals surface area contributed by atoms with Crippen LogP contribution in [-0.4, -0.2) is 45.6 Å². The van der Waals surface area contributed by atoms with E-state index >= 15 is 0 Å². The van der Waals surface area contributed by atoms with Crippen LogP contribution in [0.1, 0.15) is 39.2 Å². The van der Waals surface area contributed by atoms with Crippen molar-refractivity contribution >= 4 is 24.0 Å². The van der Waals surface area contributed by atoms with Crippen LogP contribution in [-0.2, 0) is 20.8 Å². The summed E-state index contributed by atoms with van der Waals surface area (Å²) >= 11 is 0. The van der Waals surface area contributed by atoms with Gasteiger partial charge >= 0.3 is 0 Å². The van der Waals surface area contributed by atoms with E-state index in [-0.39, 0.29) is 24.1 Å². The third-order valence-corrected chi connectivity index (χ3v) is 5.43. The Bertz CT molecular complexity index is 861. The normalized spacial score (nSPS) is 13.7. The molecule has 0 saturated carbocycles. The molecule has 3 amide bonds. The van der Waals surface area contributed by atoms with Gasteiger partial charge in [-0.05, 0) is 49.8 Å². The highest BCUT2D eigenvalue weighted by molar-refractivity contribution is 5.97. The molecule has 0 bridgehead atoms. The summed E-state index contributed by atoms with van der Waals surface area (Å²) in [6.07, 6.45) is 3.75. The quantitative estimate of drug-likeness (QED) is 0.267. The summed E-state index contributed by atoms with van der Waals surface area (Å²) in [5.41, 5.74) is 1.14. The molecule has 0 saturated heterocycles. The zero-order chi connectivity index (χ0) is 23.5. The molecule has 8 nitrogen and oxygen atoms in total. The molecule has 3 atom stereocenters. The molecule has 1 aromatic heterocycles. The molecule has 0 aliphatic rings. The second kappa shape index (κ2) is 12.6. The number of hydrogen-bond donors (Lipinski definition) is 3. The fraction of sp³-hybridized carbons (Fsp3) is 0.417. The maximum Gasteiger partial charge on any atom is 0.248 e. The Hall–Kier alpha value is -3.26. The first-order valence-electron chi connectivity index (χ1n) is 10.8. The Morgan fingerprint density at radius 1 is 1.06 bits per heavy atom. The van der Waals surface area contributed by atoms with Gasteiger partial charge in [0, 0.05) is 6.20 Å². The van der Waals surface area contributed by atoms with Gasteiger partial charge in [-0.2, -0.15) is 0 Å². The fourth-order valence-corrected chi connectivity index (χ4v) is 3.48. The van der Waals surface area contributed by atoms with Gasteiger partial charge in [-0.1, -0.05) is 50.2 Å². The van der Waals surface area contributed by atoms with Gasteiger partial charge in [0.05, 0.1) is 12.0 Å². The average molecular weight is 441 g/mol. The van der Waals surface area contributed by atoms with E-state index in [4.69, 9.17) is 0 Å². The van der Waals surface area contributed by atoms with Gasteiger partial charge in [0.1, 0.15) is 11.9 Å². The monoisotopic (exact) mass is 440 g/mol. The van der Waals surface area contributed by atoms with Crippen molar-refractivity contribution in [3.8, 4) is 0 Å². The van der Waals surface area contributed by atoms with E-state index in [1.54, 1.807) is 31.3 Å². The molecule has 32 heavy (non-hydrogen) atoms. The fourth-order valence-electron chi connectivity index (χ4n) is 3.48. The van der Waals surface area contributed by atoms with Crippen molar-refractivity contribution in [3.63, 3.8) is 0 Å². The highest BCUT2D eigenvalue weighted by Gasteiger charge is 2.32. The second-order valence-corrected chi connectivity index (χ2v) is 8.14. The van der Waals surface area contributed by atoms with Gasteiger partial charge in [-0.3, -0.25) is 19.6 Å². The second-order valence-electron chi connectivity index (χ2n) is 8.14. The minimum atomic E-state index is -0.795. The topological polar surface area (TPSA) is 112 Å². The molecule has 1 aromatic carbocycles. The molecule has 0 aliphatic heterocycles. The number of hydrogen-bond acceptors (Lipinski definition) is 5. The van der Waals surface area contributed by atoms with Crippen LogP contribution in [0.3, 0.4) is 0 Å². The first-order chi connectivity index (χ1) is 15.3. The lowest BCUT2D eigenvalue weighted by atomic mass is 9.91. The number of carbonyl (C=O) groups excluding carboxylic acids is 3. The zero-order valence-corrected chi connectivity index (χ0v) is 18.8. The van der Waals surface area contributed by atoms with Gasteiger partial charge in [0.2, 0.25) is 18.2 Å². The maximum absolute atomic E-state index is 13.2. The predicted molar refractivity (Wildman–Crippen MR) is 122 cm³/mol. The number of nitrogens with one attached hydrogen (secondary N) is 2. The lowest BCUT2D eigenvalue weighted by Gasteiger charge is -2.29. The average Bonchev–Trinajstić information content (AvgIpc) is 2.80. The first-order valence-corrected chi connectivity index (χ1v) is 10.8. The van der Waals surface area contributed by atoms with E-state index in [0.717, 1.165) is 12.0 Å². The summed E-state index contributed by atoms with van der Waals surface area (Å²) in [7, 11) is 0. The largest absolute Gasteiger partial charge is 0.344 e. The van der Waals surface area contributed by atoms with Crippen LogP contribution in [0.2, 0.25) is 0 Å². The van der Waals surface area contributed by atoms with E-state index in [9.17, 15) is 19.6 Å². The minimum absolute atomic E-state index is 0.181. The molecule has 2 rings (SSSR count). The number of nitrogens with zero attached hydrogens (tertiary/aromatic N) is 2. The molecule has 1 heterocycles. The van der Waals surface area contributed by atoms with Crippen molar-refractivity contribution in [1.82, 2.24) is 15.4 Å². The number of aromatic nitrogens is 1. The number of hydroxylamine groups is 2. The standard InChI is InChI=1S/C24H32N4O4/c1-17(2)22(24(31)26-21-14-7-8-15-25-21)27-23(30)20(18(3)28(32)16-29)13-9-12-19-10-5-4-6-11-19/h4-8,10-11,14-18,20,22,32H,9,12-13H2,1-3H3,(H,27,30)(H,25,26,31)/t18-,20+,22-/m0/s1. The molecule has 172 valence electrons. The highest BCUT2D eigenvalue weighted by atomic mass is 16.5. The number of anilines is 1. The number of amides is 3. The summed E-state index contributed by atoms with van der Waals surface area (Å²) in [5.74, 6) is -1.23. The Morgan fingerprint density at radius 3 is 2.34 bits per heavy atom. The van der Waals surface area contributed by atoms with E-state index in [1.165, 1.54) is 0 Å². The van der Waals surface area contributed by atoms with Gasteiger partial charge in [-0.15, -0.1) is 0 Å². The van der Waals surface area contributed by atoms with Crippen LogP contribution >= 0.6 is 0 Å². The summed E-state index contributed by atoms with van der Waals surface area (Å²) in [6.45, 7) is 5.28. The third-order valence-electron chi connectivity index (χ3n) is 5.43. The minimum Gasteiger partial charge on any atom is -0.344 e. The van der Waals surface area contributed by atoms with Crippen LogP contribution in [0.25, 0.3) is 0 Å². The maximum atomic E-state index is 13.2. The predicted octanol–water partition coefficient (Wildman–Crippen LogP) is 3.04. The van der Waals surface area contributed by atoms with Crippen molar-refractivity contribution in [1.29, 1.82) is 0 Å². The highest BCUT2D eigenvalue weighted by Crippen LogP contribution is 2.19. The molecular formula is C24H32N4O4. The van der Waals surface area contributed by atoms with Gasteiger partial charge in [0.15, 0.2) is 0 Å². The van der Waals surface area contributed by atoms with E-state index < -0.39 is 18.0 Å². The van der Waals surface area contributed by atoms with Crippen molar-refractivity contribution in [2.75, 3.05) is 5.32 Å². The van der Waals surface area contributed by atoms with Gasteiger partial charge in [0.25, 0.3) is 0 Å². The molecule has 0 fully saturated rings. The SMILES string of the molecule is CC(C)[C@H](NC(=O)[C@H](CCCc1ccccc1)[C@H](C)N(O)C=O)C(=O)Nc1ccccn1.